The second kappa shape index (κ2) is 8.52. The van der Waals surface area contributed by atoms with Crippen LogP contribution in [0.1, 0.15) is 56.0 Å². The lowest BCUT2D eigenvalue weighted by molar-refractivity contribution is -0.133. The number of imidazole rings is 1. The molecule has 7 heteroatoms. The Labute approximate surface area is 165 Å². The van der Waals surface area contributed by atoms with Gasteiger partial charge in [0, 0.05) is 42.8 Å². The first-order valence-electron chi connectivity index (χ1n) is 10.1. The van der Waals surface area contributed by atoms with Crippen molar-refractivity contribution in [3.8, 4) is 0 Å². The highest BCUT2D eigenvalue weighted by molar-refractivity contribution is 7.07. The summed E-state index contributed by atoms with van der Waals surface area (Å²) in [6.45, 7) is 2.96. The van der Waals surface area contributed by atoms with Crippen LogP contribution in [0.2, 0.25) is 0 Å². The molecule has 1 saturated heterocycles. The van der Waals surface area contributed by atoms with Crippen molar-refractivity contribution in [2.75, 3.05) is 26.7 Å². The molecule has 0 radical (unpaired) electrons. The topological polar surface area (TPSA) is 54.3 Å². The summed E-state index contributed by atoms with van der Waals surface area (Å²) in [6, 6.07) is 0.589. The maximum Gasteiger partial charge on any atom is 0.236 e. The van der Waals surface area contributed by atoms with Gasteiger partial charge in [0.25, 0.3) is 0 Å². The fraction of sp³-hybridized carbons (Fsp3) is 0.650. The number of piperidine rings is 1. The van der Waals surface area contributed by atoms with Gasteiger partial charge in [-0.15, -0.1) is 11.3 Å². The Balaban J connectivity index is 1.38. The van der Waals surface area contributed by atoms with Crippen molar-refractivity contribution in [3.05, 3.63) is 34.8 Å². The number of amides is 1. The van der Waals surface area contributed by atoms with E-state index in [0.29, 0.717) is 18.5 Å². The van der Waals surface area contributed by atoms with Crippen LogP contribution < -0.4 is 0 Å². The third-order valence-electron chi connectivity index (χ3n) is 6.04. The molecule has 1 aliphatic heterocycles. The fourth-order valence-corrected chi connectivity index (χ4v) is 5.06. The summed E-state index contributed by atoms with van der Waals surface area (Å²) < 4.78 is 2.19. The van der Waals surface area contributed by atoms with Gasteiger partial charge in [-0.25, -0.2) is 9.97 Å². The molecule has 27 heavy (non-hydrogen) atoms. The molecule has 0 unspecified atom stereocenters. The molecule has 6 nitrogen and oxygen atoms in total. The van der Waals surface area contributed by atoms with Crippen LogP contribution in [-0.4, -0.2) is 63.0 Å². The predicted octanol–water partition coefficient (Wildman–Crippen LogP) is 2.97. The summed E-state index contributed by atoms with van der Waals surface area (Å²) in [5.41, 5.74) is 2.94. The molecule has 1 saturated carbocycles. The Kier molecular flexibility index (Phi) is 5.88. The van der Waals surface area contributed by atoms with Crippen LogP contribution in [0.25, 0.3) is 0 Å². The molecule has 2 aromatic rings. The number of aromatic nitrogens is 3. The SMILES string of the molecule is CN(CC(=O)N1CCC[C@H](c2nccn2Cc2cscn2)C1)C1CCCC1. The monoisotopic (exact) mass is 387 g/mol. The third kappa shape index (κ3) is 4.41. The predicted molar refractivity (Wildman–Crippen MR) is 107 cm³/mol. The maximum atomic E-state index is 12.9. The van der Waals surface area contributed by atoms with Crippen LogP contribution in [0.15, 0.2) is 23.3 Å². The molecule has 0 N–H and O–H groups in total. The van der Waals surface area contributed by atoms with Crippen molar-refractivity contribution < 1.29 is 4.79 Å². The molecule has 2 aliphatic rings. The number of hydrogen-bond acceptors (Lipinski definition) is 5. The van der Waals surface area contributed by atoms with E-state index in [9.17, 15) is 4.79 Å². The minimum absolute atomic E-state index is 0.270. The molecule has 3 heterocycles. The zero-order valence-electron chi connectivity index (χ0n) is 16.1. The second-order valence-electron chi connectivity index (χ2n) is 7.93. The highest BCUT2D eigenvalue weighted by Crippen LogP contribution is 2.27. The van der Waals surface area contributed by atoms with Gasteiger partial charge in [-0.05, 0) is 32.7 Å². The van der Waals surface area contributed by atoms with Crippen molar-refractivity contribution in [1.82, 2.24) is 24.3 Å². The number of nitrogens with zero attached hydrogens (tertiary/aromatic N) is 5. The Morgan fingerprint density at radius 2 is 2.11 bits per heavy atom. The summed E-state index contributed by atoms with van der Waals surface area (Å²) in [6.07, 6.45) is 11.1. The highest BCUT2D eigenvalue weighted by Gasteiger charge is 2.29. The van der Waals surface area contributed by atoms with E-state index in [1.54, 1.807) is 11.3 Å². The van der Waals surface area contributed by atoms with Gasteiger partial charge in [0.15, 0.2) is 0 Å². The average Bonchev–Trinajstić information content (AvgIpc) is 3.45. The van der Waals surface area contributed by atoms with Gasteiger partial charge in [0.1, 0.15) is 5.82 Å². The number of carbonyl (C=O) groups excluding carboxylic acids is 1. The van der Waals surface area contributed by atoms with Crippen molar-refractivity contribution >= 4 is 17.2 Å². The summed E-state index contributed by atoms with van der Waals surface area (Å²) in [5.74, 6) is 1.67. The summed E-state index contributed by atoms with van der Waals surface area (Å²) in [5, 5.41) is 2.08. The molecular formula is C20H29N5OS. The van der Waals surface area contributed by atoms with Gasteiger partial charge >= 0.3 is 0 Å². The molecule has 1 aliphatic carbocycles. The minimum Gasteiger partial charge on any atom is -0.341 e. The van der Waals surface area contributed by atoms with Crippen molar-refractivity contribution in [3.63, 3.8) is 0 Å². The third-order valence-corrected chi connectivity index (χ3v) is 6.67. The highest BCUT2D eigenvalue weighted by atomic mass is 32.1. The van der Waals surface area contributed by atoms with Gasteiger partial charge in [-0.1, -0.05) is 12.8 Å². The molecule has 2 aromatic heterocycles. The van der Waals surface area contributed by atoms with Gasteiger partial charge < -0.3 is 9.47 Å². The van der Waals surface area contributed by atoms with Crippen LogP contribution in [0, 0.1) is 0 Å². The van der Waals surface area contributed by atoms with E-state index < -0.39 is 0 Å². The average molecular weight is 388 g/mol. The molecule has 0 bridgehead atoms. The number of thiazole rings is 1. The first-order valence-corrected chi connectivity index (χ1v) is 11.0. The summed E-state index contributed by atoms with van der Waals surface area (Å²) in [4.78, 5) is 26.2. The zero-order chi connectivity index (χ0) is 18.6. The normalized spacial score (nSPS) is 21.3. The Hall–Kier alpha value is -1.73. The lowest BCUT2D eigenvalue weighted by atomic mass is 9.97. The smallest absolute Gasteiger partial charge is 0.236 e. The van der Waals surface area contributed by atoms with E-state index >= 15 is 0 Å². The standard InChI is InChI=1S/C20H29N5OS/c1-23(18-6-2-3-7-18)13-19(26)24-9-4-5-16(11-24)20-21-8-10-25(20)12-17-14-27-15-22-17/h8,10,14-16,18H,2-7,9,11-13H2,1H3/t16-/m0/s1. The van der Waals surface area contributed by atoms with Gasteiger partial charge in [0.05, 0.1) is 24.3 Å². The van der Waals surface area contributed by atoms with Gasteiger partial charge in [0.2, 0.25) is 5.91 Å². The zero-order valence-corrected chi connectivity index (χ0v) is 16.9. The van der Waals surface area contributed by atoms with Crippen LogP contribution >= 0.6 is 11.3 Å². The van der Waals surface area contributed by atoms with Gasteiger partial charge in [-0.3, -0.25) is 9.69 Å². The largest absolute Gasteiger partial charge is 0.341 e. The number of rotatable bonds is 6. The quantitative estimate of drug-likeness (QED) is 0.765. The first kappa shape index (κ1) is 18.6. The van der Waals surface area contributed by atoms with Crippen LogP contribution in [0.4, 0.5) is 0 Å². The molecular weight excluding hydrogens is 358 g/mol. The summed E-state index contributed by atoms with van der Waals surface area (Å²) >= 11 is 1.62. The first-order chi connectivity index (χ1) is 13.2. The molecule has 146 valence electrons. The maximum absolute atomic E-state index is 12.9. The van der Waals surface area contributed by atoms with Crippen LogP contribution in [0.3, 0.4) is 0 Å². The molecule has 0 spiro atoms. The van der Waals surface area contributed by atoms with E-state index in [2.05, 4.69) is 36.8 Å². The lowest BCUT2D eigenvalue weighted by Crippen LogP contribution is -2.45. The molecule has 4 rings (SSSR count). The Morgan fingerprint density at radius 3 is 2.89 bits per heavy atom. The van der Waals surface area contributed by atoms with Crippen LogP contribution in [-0.2, 0) is 11.3 Å². The van der Waals surface area contributed by atoms with Crippen LogP contribution in [0.5, 0.6) is 0 Å². The van der Waals surface area contributed by atoms with Crippen molar-refractivity contribution in [2.45, 2.75) is 57.0 Å². The number of likely N-dealkylation sites (tertiary alicyclic amines) is 1. The molecule has 2 fully saturated rings. The molecule has 1 atom stereocenters. The Morgan fingerprint density at radius 1 is 1.26 bits per heavy atom. The summed E-state index contributed by atoms with van der Waals surface area (Å²) in [7, 11) is 2.11. The van der Waals surface area contributed by atoms with Gasteiger partial charge in [-0.2, -0.15) is 0 Å². The second-order valence-corrected chi connectivity index (χ2v) is 8.64. The van der Waals surface area contributed by atoms with E-state index in [0.717, 1.165) is 44.0 Å². The lowest BCUT2D eigenvalue weighted by Gasteiger charge is -2.34. The van der Waals surface area contributed by atoms with E-state index in [-0.39, 0.29) is 5.91 Å². The minimum atomic E-state index is 0.270. The molecule has 0 aromatic carbocycles. The Bertz CT molecular complexity index is 737. The van der Waals surface area contributed by atoms with Crippen molar-refractivity contribution in [1.29, 1.82) is 0 Å². The van der Waals surface area contributed by atoms with E-state index in [4.69, 9.17) is 0 Å². The van der Waals surface area contributed by atoms with E-state index in [1.165, 1.54) is 25.7 Å². The van der Waals surface area contributed by atoms with Crippen molar-refractivity contribution in [2.24, 2.45) is 0 Å². The number of likely N-dealkylation sites (N-methyl/N-ethyl adjacent to an activating group) is 1. The number of hydrogen-bond donors (Lipinski definition) is 0. The van der Waals surface area contributed by atoms with E-state index in [1.807, 2.05) is 17.9 Å². The molecule has 1 amide bonds. The number of carbonyl (C=O) groups is 1. The fourth-order valence-electron chi connectivity index (χ4n) is 4.51.